The van der Waals surface area contributed by atoms with Gasteiger partial charge in [0, 0.05) is 11.9 Å². The topological polar surface area (TPSA) is 46.3 Å². The van der Waals surface area contributed by atoms with Gasteiger partial charge in [0.25, 0.3) is 0 Å². The summed E-state index contributed by atoms with van der Waals surface area (Å²) in [4.78, 5) is 12.3. The number of anilines is 1. The molecule has 2 N–H and O–H groups in total. The lowest BCUT2D eigenvalue weighted by molar-refractivity contribution is 0.236. The number of nitrogens with zero attached hydrogens (tertiary/aromatic N) is 1. The molecular formula is C10H8Cl2N2O. The summed E-state index contributed by atoms with van der Waals surface area (Å²) in [6.45, 7) is 0.402. The van der Waals surface area contributed by atoms with Crippen LogP contribution in [0.2, 0.25) is 0 Å². The van der Waals surface area contributed by atoms with Crippen molar-refractivity contribution in [2.75, 3.05) is 5.73 Å². The SMILES string of the molecule is Nc1ccc2c(c1)CN(C(=O)Cl)C=C2Cl. The molecule has 0 radical (unpaired) electrons. The molecule has 1 aliphatic rings. The van der Waals surface area contributed by atoms with Crippen LogP contribution in [0.4, 0.5) is 10.5 Å². The van der Waals surface area contributed by atoms with E-state index in [1.165, 1.54) is 11.1 Å². The molecule has 0 aromatic heterocycles. The van der Waals surface area contributed by atoms with E-state index in [-0.39, 0.29) is 0 Å². The van der Waals surface area contributed by atoms with Crippen LogP contribution < -0.4 is 5.73 Å². The Bertz CT molecular complexity index is 457. The fourth-order valence-corrected chi connectivity index (χ4v) is 1.94. The molecule has 0 unspecified atom stereocenters. The van der Waals surface area contributed by atoms with Crippen molar-refractivity contribution in [1.82, 2.24) is 4.90 Å². The number of benzene rings is 1. The van der Waals surface area contributed by atoms with Gasteiger partial charge in [0.1, 0.15) is 0 Å². The van der Waals surface area contributed by atoms with E-state index in [0.717, 1.165) is 11.1 Å². The van der Waals surface area contributed by atoms with Gasteiger partial charge < -0.3 is 5.73 Å². The Hall–Kier alpha value is -1.19. The number of rotatable bonds is 0. The second kappa shape index (κ2) is 3.76. The van der Waals surface area contributed by atoms with E-state index >= 15 is 0 Å². The predicted octanol–water partition coefficient (Wildman–Crippen LogP) is 2.98. The smallest absolute Gasteiger partial charge is 0.320 e. The van der Waals surface area contributed by atoms with Gasteiger partial charge in [0.15, 0.2) is 0 Å². The van der Waals surface area contributed by atoms with Gasteiger partial charge in [-0.05, 0) is 34.9 Å². The minimum Gasteiger partial charge on any atom is -0.399 e. The van der Waals surface area contributed by atoms with E-state index in [2.05, 4.69) is 0 Å². The summed E-state index contributed by atoms with van der Waals surface area (Å²) in [5, 5.41) is -0.0634. The standard InChI is InChI=1S/C10H8Cl2N2O/c11-9-5-14(10(12)15)4-6-3-7(13)1-2-8(6)9/h1-3,5H,4,13H2. The van der Waals surface area contributed by atoms with Gasteiger partial charge in [-0.15, -0.1) is 0 Å². The van der Waals surface area contributed by atoms with Crippen molar-refractivity contribution >= 4 is 39.3 Å². The molecule has 0 bridgehead atoms. The second-order valence-corrected chi connectivity index (χ2v) is 4.01. The number of halogens is 2. The number of hydrogen-bond acceptors (Lipinski definition) is 2. The maximum Gasteiger partial charge on any atom is 0.320 e. The number of amides is 1. The Kier molecular flexibility index (Phi) is 2.59. The van der Waals surface area contributed by atoms with Crippen LogP contribution in [0.25, 0.3) is 5.03 Å². The summed E-state index contributed by atoms with van der Waals surface area (Å²) < 4.78 is 0. The normalized spacial score (nSPS) is 14.5. The van der Waals surface area contributed by atoms with Gasteiger partial charge >= 0.3 is 5.37 Å². The molecule has 1 aromatic rings. The minimum absolute atomic E-state index is 0.402. The van der Waals surface area contributed by atoms with Crippen LogP contribution in [0.1, 0.15) is 11.1 Å². The van der Waals surface area contributed by atoms with E-state index in [9.17, 15) is 4.79 Å². The summed E-state index contributed by atoms with van der Waals surface area (Å²) in [6, 6.07) is 5.39. The van der Waals surface area contributed by atoms with Gasteiger partial charge in [-0.2, -0.15) is 0 Å². The highest BCUT2D eigenvalue weighted by molar-refractivity contribution is 6.63. The lowest BCUT2D eigenvalue weighted by atomic mass is 10.0. The van der Waals surface area contributed by atoms with Crippen molar-refractivity contribution in [3.8, 4) is 0 Å². The molecule has 0 saturated heterocycles. The zero-order valence-electron chi connectivity index (χ0n) is 7.71. The first kappa shape index (κ1) is 10.3. The summed E-state index contributed by atoms with van der Waals surface area (Å²) in [7, 11) is 0. The number of fused-ring (bicyclic) bond motifs is 1. The van der Waals surface area contributed by atoms with Crippen LogP contribution in [-0.4, -0.2) is 10.3 Å². The Morgan fingerprint density at radius 1 is 1.47 bits per heavy atom. The predicted molar refractivity (Wildman–Crippen MR) is 61.5 cm³/mol. The Morgan fingerprint density at radius 2 is 2.20 bits per heavy atom. The minimum atomic E-state index is -0.554. The maximum atomic E-state index is 11.0. The number of hydrogen-bond donors (Lipinski definition) is 1. The Morgan fingerprint density at radius 3 is 2.87 bits per heavy atom. The van der Waals surface area contributed by atoms with Gasteiger partial charge in [-0.25, -0.2) is 0 Å². The average molecular weight is 243 g/mol. The van der Waals surface area contributed by atoms with Crippen LogP contribution in [0.5, 0.6) is 0 Å². The lowest BCUT2D eigenvalue weighted by Crippen LogP contribution is -2.23. The van der Waals surface area contributed by atoms with Crippen molar-refractivity contribution in [2.24, 2.45) is 0 Å². The van der Waals surface area contributed by atoms with Crippen LogP contribution in [0, 0.1) is 0 Å². The molecule has 0 atom stereocenters. The van der Waals surface area contributed by atoms with Gasteiger partial charge in [-0.1, -0.05) is 17.7 Å². The van der Waals surface area contributed by atoms with Crippen molar-refractivity contribution in [3.05, 3.63) is 35.5 Å². The van der Waals surface area contributed by atoms with E-state index in [4.69, 9.17) is 28.9 Å². The van der Waals surface area contributed by atoms with Crippen molar-refractivity contribution < 1.29 is 4.79 Å². The third kappa shape index (κ3) is 1.94. The summed E-state index contributed by atoms with van der Waals surface area (Å²) in [5.74, 6) is 0. The molecule has 1 amide bonds. The molecule has 1 heterocycles. The molecule has 5 heteroatoms. The molecule has 78 valence electrons. The van der Waals surface area contributed by atoms with Crippen LogP contribution in [0.15, 0.2) is 24.4 Å². The second-order valence-electron chi connectivity index (χ2n) is 3.27. The first-order valence-electron chi connectivity index (χ1n) is 4.30. The fourth-order valence-electron chi connectivity index (χ4n) is 1.53. The highest BCUT2D eigenvalue weighted by atomic mass is 35.5. The van der Waals surface area contributed by atoms with Gasteiger partial charge in [0.2, 0.25) is 0 Å². The van der Waals surface area contributed by atoms with Gasteiger partial charge in [0.05, 0.1) is 11.6 Å². The van der Waals surface area contributed by atoms with Crippen LogP contribution in [-0.2, 0) is 6.54 Å². The summed E-state index contributed by atoms with van der Waals surface area (Å²) >= 11 is 11.4. The van der Waals surface area contributed by atoms with E-state index < -0.39 is 5.37 Å². The molecule has 0 saturated carbocycles. The molecule has 15 heavy (non-hydrogen) atoms. The Labute approximate surface area is 97.1 Å². The van der Waals surface area contributed by atoms with Crippen molar-refractivity contribution in [1.29, 1.82) is 0 Å². The van der Waals surface area contributed by atoms with Crippen molar-refractivity contribution in [3.63, 3.8) is 0 Å². The summed E-state index contributed by atoms with van der Waals surface area (Å²) in [6.07, 6.45) is 1.52. The third-order valence-corrected chi connectivity index (χ3v) is 2.74. The van der Waals surface area contributed by atoms with Crippen LogP contribution >= 0.6 is 23.2 Å². The molecule has 0 spiro atoms. The third-order valence-electron chi connectivity index (χ3n) is 2.22. The molecular weight excluding hydrogens is 235 g/mol. The Balaban J connectivity index is 2.47. The number of nitrogen functional groups attached to an aromatic ring is 1. The summed E-state index contributed by atoms with van der Waals surface area (Å²) in [5.41, 5.74) is 8.08. The number of carbonyl (C=O) groups excluding carboxylic acids is 1. The number of nitrogens with two attached hydrogens (primary N) is 1. The van der Waals surface area contributed by atoms with Crippen LogP contribution in [0.3, 0.4) is 0 Å². The largest absolute Gasteiger partial charge is 0.399 e. The molecule has 2 rings (SSSR count). The zero-order chi connectivity index (χ0) is 11.0. The number of carbonyl (C=O) groups is 1. The zero-order valence-corrected chi connectivity index (χ0v) is 9.22. The average Bonchev–Trinajstić information content (AvgIpc) is 2.16. The molecule has 0 aliphatic carbocycles. The first-order valence-corrected chi connectivity index (χ1v) is 5.05. The molecule has 3 nitrogen and oxygen atoms in total. The monoisotopic (exact) mass is 242 g/mol. The fraction of sp³-hybridized carbons (Fsp3) is 0.100. The van der Waals surface area contributed by atoms with E-state index in [1.807, 2.05) is 6.07 Å². The van der Waals surface area contributed by atoms with Gasteiger partial charge in [-0.3, -0.25) is 9.69 Å². The maximum absolute atomic E-state index is 11.0. The molecule has 1 aliphatic heterocycles. The lowest BCUT2D eigenvalue weighted by Gasteiger charge is -2.23. The quantitative estimate of drug-likeness (QED) is 0.432. The first-order chi connectivity index (χ1) is 7.08. The van der Waals surface area contributed by atoms with E-state index in [1.54, 1.807) is 12.1 Å². The molecule has 0 fully saturated rings. The highest BCUT2D eigenvalue weighted by Gasteiger charge is 2.19. The van der Waals surface area contributed by atoms with Crippen molar-refractivity contribution in [2.45, 2.75) is 6.54 Å². The molecule has 1 aromatic carbocycles. The van der Waals surface area contributed by atoms with E-state index in [0.29, 0.717) is 17.3 Å². The highest BCUT2D eigenvalue weighted by Crippen LogP contribution is 2.31.